The molecule has 2 nitrogen and oxygen atoms in total. The second-order valence-corrected chi connectivity index (χ2v) is 5.10. The quantitative estimate of drug-likeness (QED) is 0.578. The van der Waals surface area contributed by atoms with Crippen LogP contribution in [-0.2, 0) is 0 Å². The summed E-state index contributed by atoms with van der Waals surface area (Å²) in [4.78, 5) is 2.54. The Morgan fingerprint density at radius 2 is 1.81 bits per heavy atom. The topological polar surface area (TPSA) is 15.3 Å². The van der Waals surface area contributed by atoms with Gasteiger partial charge < -0.3 is 10.2 Å². The minimum absolute atomic E-state index is 0.713. The Bertz CT molecular complexity index is 148. The van der Waals surface area contributed by atoms with Crippen LogP contribution in [0.15, 0.2) is 0 Å². The number of rotatable bonds is 10. The van der Waals surface area contributed by atoms with Gasteiger partial charge in [0.25, 0.3) is 0 Å². The lowest BCUT2D eigenvalue weighted by molar-refractivity contribution is 0.194. The van der Waals surface area contributed by atoms with Crippen molar-refractivity contribution in [1.29, 1.82) is 0 Å². The van der Waals surface area contributed by atoms with Gasteiger partial charge >= 0.3 is 0 Å². The molecule has 2 heteroatoms. The van der Waals surface area contributed by atoms with Crippen LogP contribution >= 0.6 is 0 Å². The summed E-state index contributed by atoms with van der Waals surface area (Å²) in [6.07, 6.45) is 5.10. The van der Waals surface area contributed by atoms with E-state index >= 15 is 0 Å². The maximum Gasteiger partial charge on any atom is 0.0217 e. The van der Waals surface area contributed by atoms with E-state index in [1.807, 2.05) is 0 Å². The third kappa shape index (κ3) is 7.24. The van der Waals surface area contributed by atoms with Crippen molar-refractivity contribution in [3.63, 3.8) is 0 Å². The standard InChI is InChI=1S/C14H32N2/c1-6-9-14(11-15-10-7-2)16(5)12-13(4)8-3/h13-15H,6-12H2,1-5H3. The summed E-state index contributed by atoms with van der Waals surface area (Å²) in [6.45, 7) is 12.7. The van der Waals surface area contributed by atoms with Crippen LogP contribution in [0.4, 0.5) is 0 Å². The van der Waals surface area contributed by atoms with Crippen molar-refractivity contribution in [2.45, 2.75) is 59.4 Å². The molecule has 0 aromatic heterocycles. The van der Waals surface area contributed by atoms with Crippen LogP contribution in [0.25, 0.3) is 0 Å². The van der Waals surface area contributed by atoms with E-state index in [0.717, 1.165) is 19.0 Å². The van der Waals surface area contributed by atoms with Crippen molar-refractivity contribution in [3.05, 3.63) is 0 Å². The number of nitrogens with zero attached hydrogens (tertiary/aromatic N) is 1. The molecule has 16 heavy (non-hydrogen) atoms. The smallest absolute Gasteiger partial charge is 0.0217 e. The van der Waals surface area contributed by atoms with Crippen LogP contribution in [0, 0.1) is 5.92 Å². The van der Waals surface area contributed by atoms with Crippen molar-refractivity contribution in [1.82, 2.24) is 10.2 Å². The Balaban J connectivity index is 3.96. The first kappa shape index (κ1) is 15.9. The highest BCUT2D eigenvalue weighted by atomic mass is 15.1. The first-order valence-electron chi connectivity index (χ1n) is 7.06. The summed E-state index contributed by atoms with van der Waals surface area (Å²) in [5.74, 6) is 0.815. The molecule has 0 bridgehead atoms. The van der Waals surface area contributed by atoms with Crippen molar-refractivity contribution in [2.75, 3.05) is 26.7 Å². The highest BCUT2D eigenvalue weighted by Gasteiger charge is 2.14. The molecule has 0 saturated heterocycles. The van der Waals surface area contributed by atoms with E-state index in [1.54, 1.807) is 0 Å². The van der Waals surface area contributed by atoms with Gasteiger partial charge in [0.2, 0.25) is 0 Å². The van der Waals surface area contributed by atoms with Crippen LogP contribution in [0.5, 0.6) is 0 Å². The van der Waals surface area contributed by atoms with Crippen LogP contribution < -0.4 is 5.32 Å². The average molecular weight is 228 g/mol. The molecular formula is C14H32N2. The summed E-state index contributed by atoms with van der Waals surface area (Å²) >= 11 is 0. The Morgan fingerprint density at radius 3 is 2.31 bits per heavy atom. The third-order valence-corrected chi connectivity index (χ3v) is 3.35. The maximum absolute atomic E-state index is 3.55. The summed E-state index contributed by atoms with van der Waals surface area (Å²) in [5, 5.41) is 3.55. The molecule has 0 aromatic rings. The van der Waals surface area contributed by atoms with Gasteiger partial charge in [-0.3, -0.25) is 0 Å². The van der Waals surface area contributed by atoms with Gasteiger partial charge in [-0.1, -0.05) is 40.5 Å². The first-order valence-corrected chi connectivity index (χ1v) is 7.06. The highest BCUT2D eigenvalue weighted by Crippen LogP contribution is 2.09. The van der Waals surface area contributed by atoms with E-state index in [9.17, 15) is 0 Å². The molecule has 0 radical (unpaired) electrons. The molecule has 0 fully saturated rings. The second-order valence-electron chi connectivity index (χ2n) is 5.10. The molecule has 2 atom stereocenters. The summed E-state index contributed by atoms with van der Waals surface area (Å²) < 4.78 is 0. The molecule has 0 amide bonds. The molecule has 2 unspecified atom stereocenters. The number of hydrogen-bond donors (Lipinski definition) is 1. The lowest BCUT2D eigenvalue weighted by atomic mass is 10.1. The zero-order chi connectivity index (χ0) is 12.4. The molecule has 0 aromatic carbocycles. The Morgan fingerprint density at radius 1 is 1.12 bits per heavy atom. The van der Waals surface area contributed by atoms with E-state index < -0.39 is 0 Å². The van der Waals surface area contributed by atoms with E-state index in [2.05, 4.69) is 45.0 Å². The fourth-order valence-electron chi connectivity index (χ4n) is 2.03. The summed E-state index contributed by atoms with van der Waals surface area (Å²) in [7, 11) is 2.28. The van der Waals surface area contributed by atoms with Crippen molar-refractivity contribution in [3.8, 4) is 0 Å². The molecule has 0 rings (SSSR count). The number of hydrogen-bond acceptors (Lipinski definition) is 2. The number of nitrogens with one attached hydrogen (secondary N) is 1. The molecule has 0 heterocycles. The fraction of sp³-hybridized carbons (Fsp3) is 1.00. The maximum atomic E-state index is 3.55. The van der Waals surface area contributed by atoms with Gasteiger partial charge in [-0.15, -0.1) is 0 Å². The van der Waals surface area contributed by atoms with Crippen LogP contribution in [0.2, 0.25) is 0 Å². The van der Waals surface area contributed by atoms with Gasteiger partial charge in [-0.2, -0.15) is 0 Å². The van der Waals surface area contributed by atoms with E-state index in [0.29, 0.717) is 6.04 Å². The lowest BCUT2D eigenvalue weighted by Crippen LogP contribution is -2.42. The van der Waals surface area contributed by atoms with Gasteiger partial charge in [0.1, 0.15) is 0 Å². The van der Waals surface area contributed by atoms with Gasteiger partial charge in [0.15, 0.2) is 0 Å². The van der Waals surface area contributed by atoms with Gasteiger partial charge in [0.05, 0.1) is 0 Å². The van der Waals surface area contributed by atoms with Gasteiger partial charge in [0, 0.05) is 19.1 Å². The van der Waals surface area contributed by atoms with Crippen LogP contribution in [-0.4, -0.2) is 37.6 Å². The Kier molecular flexibility index (Phi) is 10.0. The Labute approximate surface area is 103 Å². The minimum atomic E-state index is 0.713. The fourth-order valence-corrected chi connectivity index (χ4v) is 2.03. The Hall–Kier alpha value is -0.0800. The molecule has 0 spiro atoms. The second kappa shape index (κ2) is 10.1. The predicted molar refractivity (Wildman–Crippen MR) is 73.9 cm³/mol. The SMILES string of the molecule is CCCNCC(CCC)N(C)CC(C)CC. The van der Waals surface area contributed by atoms with Gasteiger partial charge in [-0.25, -0.2) is 0 Å². The molecule has 98 valence electrons. The molecule has 1 N–H and O–H groups in total. The van der Waals surface area contributed by atoms with E-state index in [4.69, 9.17) is 0 Å². The lowest BCUT2D eigenvalue weighted by Gasteiger charge is -2.30. The number of likely N-dealkylation sites (N-methyl/N-ethyl adjacent to an activating group) is 1. The van der Waals surface area contributed by atoms with Gasteiger partial charge in [-0.05, 0) is 32.4 Å². The first-order chi connectivity index (χ1) is 7.65. The average Bonchev–Trinajstić information content (AvgIpc) is 2.27. The normalized spacial score (nSPS) is 15.4. The largest absolute Gasteiger partial charge is 0.315 e. The monoisotopic (exact) mass is 228 g/mol. The van der Waals surface area contributed by atoms with Crippen molar-refractivity contribution < 1.29 is 0 Å². The van der Waals surface area contributed by atoms with Crippen molar-refractivity contribution in [2.24, 2.45) is 5.92 Å². The zero-order valence-corrected chi connectivity index (χ0v) is 12.1. The molecule has 0 saturated carbocycles. The van der Waals surface area contributed by atoms with Crippen molar-refractivity contribution >= 4 is 0 Å². The third-order valence-electron chi connectivity index (χ3n) is 3.35. The van der Waals surface area contributed by atoms with Crippen LogP contribution in [0.1, 0.15) is 53.4 Å². The predicted octanol–water partition coefficient (Wildman–Crippen LogP) is 3.13. The zero-order valence-electron chi connectivity index (χ0n) is 12.1. The molecular weight excluding hydrogens is 196 g/mol. The molecule has 0 aliphatic carbocycles. The molecule has 0 aliphatic heterocycles. The highest BCUT2D eigenvalue weighted by molar-refractivity contribution is 4.72. The minimum Gasteiger partial charge on any atom is -0.315 e. The van der Waals surface area contributed by atoms with E-state index in [-0.39, 0.29) is 0 Å². The van der Waals surface area contributed by atoms with Crippen LogP contribution in [0.3, 0.4) is 0 Å². The summed E-state index contributed by atoms with van der Waals surface area (Å²) in [5.41, 5.74) is 0. The van der Waals surface area contributed by atoms with E-state index in [1.165, 1.54) is 32.2 Å². The summed E-state index contributed by atoms with van der Waals surface area (Å²) in [6, 6.07) is 0.713. The molecule has 0 aliphatic rings.